The van der Waals surface area contributed by atoms with Crippen molar-refractivity contribution in [1.82, 2.24) is 4.68 Å². The van der Waals surface area contributed by atoms with Gasteiger partial charge in [-0.1, -0.05) is 66.2 Å². The van der Waals surface area contributed by atoms with Crippen molar-refractivity contribution in [3.05, 3.63) is 95.7 Å². The first-order chi connectivity index (χ1) is 14.5. The van der Waals surface area contributed by atoms with Crippen LogP contribution in [0.4, 0.5) is 0 Å². The molecule has 3 aromatic carbocycles. The first-order valence-corrected chi connectivity index (χ1v) is 9.81. The minimum Gasteiger partial charge on any atom is -0.481 e. The largest absolute Gasteiger partial charge is 0.481 e. The minimum atomic E-state index is -0.875. The molecule has 0 spiro atoms. The van der Waals surface area contributed by atoms with Crippen molar-refractivity contribution < 1.29 is 14.7 Å². The highest BCUT2D eigenvalue weighted by Crippen LogP contribution is 2.24. The molecule has 0 saturated carbocycles. The summed E-state index contributed by atoms with van der Waals surface area (Å²) in [4.78, 5) is 24.3. The Labute approximate surface area is 174 Å². The maximum absolute atomic E-state index is 13.2. The molecule has 0 fully saturated rings. The quantitative estimate of drug-likeness (QED) is 0.479. The molecule has 0 atom stereocenters. The van der Waals surface area contributed by atoms with Crippen LogP contribution in [0.5, 0.6) is 0 Å². The highest BCUT2D eigenvalue weighted by atomic mass is 16.4. The van der Waals surface area contributed by atoms with E-state index in [-0.39, 0.29) is 12.3 Å². The smallest absolute Gasteiger partial charge is 0.303 e. The first-order valence-electron chi connectivity index (χ1n) is 9.81. The van der Waals surface area contributed by atoms with Crippen molar-refractivity contribution in [3.8, 4) is 11.3 Å². The maximum Gasteiger partial charge on any atom is 0.303 e. The molecule has 30 heavy (non-hydrogen) atoms. The third-order valence-electron chi connectivity index (χ3n) is 5.15. The molecule has 1 heterocycles. The van der Waals surface area contributed by atoms with Crippen LogP contribution in [0.2, 0.25) is 0 Å². The lowest BCUT2D eigenvalue weighted by molar-refractivity contribution is -0.136. The van der Waals surface area contributed by atoms with Gasteiger partial charge in [-0.25, -0.2) is 0 Å². The average molecular weight is 398 g/mol. The fourth-order valence-corrected chi connectivity index (χ4v) is 3.58. The summed E-state index contributed by atoms with van der Waals surface area (Å²) in [6, 6.07) is 25.1. The molecule has 0 aliphatic rings. The number of carbonyl (C=O) groups excluding carboxylic acids is 1. The molecule has 5 heteroatoms. The number of nitrogens with one attached hydrogen (secondary N) is 1. The number of carboxylic acid groups (broad SMARTS) is 1. The molecule has 4 aromatic rings. The van der Waals surface area contributed by atoms with Crippen molar-refractivity contribution >= 4 is 22.6 Å². The van der Waals surface area contributed by atoms with Crippen LogP contribution in [-0.4, -0.2) is 21.7 Å². The molecule has 5 nitrogen and oxygen atoms in total. The molecule has 0 unspecified atom stereocenters. The van der Waals surface area contributed by atoms with Crippen molar-refractivity contribution in [2.75, 3.05) is 5.43 Å². The molecule has 0 radical (unpaired) electrons. The lowest BCUT2D eigenvalue weighted by Crippen LogP contribution is -2.25. The number of carboxylic acids is 1. The van der Waals surface area contributed by atoms with Crippen LogP contribution in [0.15, 0.2) is 78.9 Å². The van der Waals surface area contributed by atoms with Gasteiger partial charge >= 0.3 is 5.97 Å². The van der Waals surface area contributed by atoms with Gasteiger partial charge in [0, 0.05) is 23.2 Å². The van der Waals surface area contributed by atoms with Gasteiger partial charge in [0.25, 0.3) is 5.91 Å². The molecule has 0 aliphatic heterocycles. The number of hydrogen-bond acceptors (Lipinski definition) is 2. The molecule has 150 valence electrons. The van der Waals surface area contributed by atoms with E-state index in [0.717, 1.165) is 33.3 Å². The zero-order valence-corrected chi connectivity index (χ0v) is 16.6. The molecule has 0 bridgehead atoms. The Morgan fingerprint density at radius 2 is 1.63 bits per heavy atom. The van der Waals surface area contributed by atoms with Gasteiger partial charge in [-0.3, -0.25) is 19.7 Å². The Morgan fingerprint density at radius 3 is 2.40 bits per heavy atom. The summed E-state index contributed by atoms with van der Waals surface area (Å²) in [5, 5.41) is 11.0. The van der Waals surface area contributed by atoms with Crippen LogP contribution < -0.4 is 5.43 Å². The third-order valence-corrected chi connectivity index (χ3v) is 5.15. The van der Waals surface area contributed by atoms with Gasteiger partial charge in [-0.2, -0.15) is 0 Å². The number of carbonyl (C=O) groups is 2. The zero-order chi connectivity index (χ0) is 21.1. The maximum atomic E-state index is 13.2. The first kappa shape index (κ1) is 19.5. The molecule has 0 aliphatic carbocycles. The molecule has 1 amide bonds. The van der Waals surface area contributed by atoms with Gasteiger partial charge < -0.3 is 5.11 Å². The van der Waals surface area contributed by atoms with E-state index >= 15 is 0 Å². The predicted molar refractivity (Wildman–Crippen MR) is 118 cm³/mol. The molecular formula is C25H22N2O3. The minimum absolute atomic E-state index is 0.0124. The van der Waals surface area contributed by atoms with Gasteiger partial charge in [-0.05, 0) is 35.9 Å². The SMILES string of the molecule is Cc1ccc(-c2ccc(CCC(=O)O)n2NC(=O)c2cccc3ccccc23)cc1. The van der Waals surface area contributed by atoms with E-state index in [4.69, 9.17) is 5.11 Å². The van der Waals surface area contributed by atoms with Crippen molar-refractivity contribution in [2.24, 2.45) is 0 Å². The Morgan fingerprint density at radius 1 is 0.900 bits per heavy atom. The molecule has 4 rings (SSSR count). The van der Waals surface area contributed by atoms with Crippen molar-refractivity contribution in [3.63, 3.8) is 0 Å². The number of rotatable bonds is 6. The van der Waals surface area contributed by atoms with E-state index in [1.165, 1.54) is 0 Å². The summed E-state index contributed by atoms with van der Waals surface area (Å²) >= 11 is 0. The lowest BCUT2D eigenvalue weighted by atomic mass is 10.0. The highest BCUT2D eigenvalue weighted by Gasteiger charge is 2.16. The molecule has 0 saturated heterocycles. The van der Waals surface area contributed by atoms with Crippen molar-refractivity contribution in [1.29, 1.82) is 0 Å². The highest BCUT2D eigenvalue weighted by molar-refractivity contribution is 6.10. The Kier molecular flexibility index (Phi) is 5.35. The van der Waals surface area contributed by atoms with E-state index in [9.17, 15) is 9.59 Å². The normalized spacial score (nSPS) is 10.8. The van der Waals surface area contributed by atoms with Gasteiger partial charge in [0.2, 0.25) is 0 Å². The molecular weight excluding hydrogens is 376 g/mol. The monoisotopic (exact) mass is 398 g/mol. The van der Waals surface area contributed by atoms with Crippen LogP contribution >= 0.6 is 0 Å². The number of aliphatic carboxylic acids is 1. The predicted octanol–water partition coefficient (Wildman–Crippen LogP) is 5.02. The number of nitrogens with zero attached hydrogens (tertiary/aromatic N) is 1. The zero-order valence-electron chi connectivity index (χ0n) is 16.6. The number of benzene rings is 3. The summed E-state index contributed by atoms with van der Waals surface area (Å²) in [6.45, 7) is 2.02. The number of hydrogen-bond donors (Lipinski definition) is 2. The third kappa shape index (κ3) is 3.96. The average Bonchev–Trinajstić information content (AvgIpc) is 3.14. The molecule has 2 N–H and O–H groups in total. The van der Waals surface area contributed by atoms with Crippen LogP contribution in [0.1, 0.15) is 28.0 Å². The Bertz CT molecular complexity index is 1220. The topological polar surface area (TPSA) is 71.3 Å². The van der Waals surface area contributed by atoms with Gasteiger partial charge in [0.05, 0.1) is 12.1 Å². The van der Waals surface area contributed by atoms with Gasteiger partial charge in [-0.15, -0.1) is 0 Å². The summed E-state index contributed by atoms with van der Waals surface area (Å²) in [6.07, 6.45) is 0.304. The lowest BCUT2D eigenvalue weighted by Gasteiger charge is -2.16. The van der Waals surface area contributed by atoms with Crippen LogP contribution in [0.3, 0.4) is 0 Å². The van der Waals surface area contributed by atoms with Gasteiger partial charge in [0.15, 0.2) is 0 Å². The fourth-order valence-electron chi connectivity index (χ4n) is 3.58. The van der Waals surface area contributed by atoms with E-state index in [2.05, 4.69) is 5.43 Å². The van der Waals surface area contributed by atoms with E-state index in [0.29, 0.717) is 12.0 Å². The van der Waals surface area contributed by atoms with Crippen LogP contribution in [0, 0.1) is 6.92 Å². The fraction of sp³-hybridized carbons (Fsp3) is 0.120. The number of aromatic nitrogens is 1. The second-order valence-corrected chi connectivity index (χ2v) is 7.27. The van der Waals surface area contributed by atoms with E-state index < -0.39 is 5.97 Å². The van der Waals surface area contributed by atoms with Gasteiger partial charge in [0.1, 0.15) is 0 Å². The summed E-state index contributed by atoms with van der Waals surface area (Å²) in [5.74, 6) is -1.12. The van der Waals surface area contributed by atoms with E-state index in [1.54, 1.807) is 10.7 Å². The number of amides is 1. The summed E-state index contributed by atoms with van der Waals surface area (Å²) in [5.41, 5.74) is 7.19. The van der Waals surface area contributed by atoms with Crippen LogP contribution in [-0.2, 0) is 11.2 Å². The Balaban J connectivity index is 1.74. The van der Waals surface area contributed by atoms with E-state index in [1.807, 2.05) is 79.7 Å². The Hall–Kier alpha value is -3.86. The van der Waals surface area contributed by atoms with Crippen LogP contribution in [0.25, 0.3) is 22.0 Å². The standard InChI is InChI=1S/C25H22N2O3/c1-17-9-11-19(12-10-17)23-15-13-20(14-16-24(28)29)27(23)26-25(30)22-8-4-6-18-5-2-3-7-21(18)22/h2-13,15H,14,16H2,1H3,(H,26,30)(H,28,29). The second kappa shape index (κ2) is 8.25. The summed E-state index contributed by atoms with van der Waals surface area (Å²) in [7, 11) is 0. The molecule has 1 aromatic heterocycles. The number of aryl methyl sites for hydroxylation is 2. The summed E-state index contributed by atoms with van der Waals surface area (Å²) < 4.78 is 1.71. The second-order valence-electron chi connectivity index (χ2n) is 7.27. The van der Waals surface area contributed by atoms with Crippen molar-refractivity contribution in [2.45, 2.75) is 19.8 Å². The number of fused-ring (bicyclic) bond motifs is 1.